The van der Waals surface area contributed by atoms with Crippen LogP contribution in [0.1, 0.15) is 303 Å². The molecule has 59 heavy (non-hydrogen) atoms. The molecule has 6 nitrogen and oxygen atoms in total. The van der Waals surface area contributed by atoms with Crippen molar-refractivity contribution in [2.24, 2.45) is 0 Å². The zero-order valence-electron chi connectivity index (χ0n) is 40.1. The third-order valence-corrected chi connectivity index (χ3v) is 12.1. The van der Waals surface area contributed by atoms with Gasteiger partial charge in [0.25, 0.3) is 0 Å². The van der Waals surface area contributed by atoms with Crippen LogP contribution < -0.4 is 0 Å². The Balaban J connectivity index is 4.13. The summed E-state index contributed by atoms with van der Waals surface area (Å²) in [5.41, 5.74) is 0. The predicted octanol–water partition coefficient (Wildman–Crippen LogP) is 17.2. The molecule has 0 N–H and O–H groups in total. The Hall–Kier alpha value is -1.59. The lowest BCUT2D eigenvalue weighted by atomic mass is 10.0. The number of esters is 3. The summed E-state index contributed by atoms with van der Waals surface area (Å²) in [5, 5.41) is 0. The first-order valence-electron chi connectivity index (χ1n) is 26.5. The van der Waals surface area contributed by atoms with Crippen molar-refractivity contribution < 1.29 is 28.6 Å². The summed E-state index contributed by atoms with van der Waals surface area (Å²) in [4.78, 5) is 37.7. The molecule has 1 unspecified atom stereocenters. The molecule has 0 radical (unpaired) electrons. The summed E-state index contributed by atoms with van der Waals surface area (Å²) in [7, 11) is 0. The van der Waals surface area contributed by atoms with Crippen LogP contribution in [-0.4, -0.2) is 37.2 Å². The highest BCUT2D eigenvalue weighted by Crippen LogP contribution is 2.17. The SMILES string of the molecule is CCCCCCCCCCCCCCCCCCCCC(=O)OCC(COC(=O)CCCCCCCC)OC(=O)CCCCCCCCCCCCCCCCCCC. The number of rotatable bonds is 49. The van der Waals surface area contributed by atoms with Crippen LogP contribution in [0, 0.1) is 0 Å². The Bertz CT molecular complexity index is 874. The molecular formula is C53H102O6. The molecule has 0 saturated heterocycles. The number of ether oxygens (including phenoxy) is 3. The lowest BCUT2D eigenvalue weighted by molar-refractivity contribution is -0.167. The van der Waals surface area contributed by atoms with E-state index >= 15 is 0 Å². The van der Waals surface area contributed by atoms with Gasteiger partial charge in [-0.05, 0) is 19.3 Å². The van der Waals surface area contributed by atoms with Crippen LogP contribution in [-0.2, 0) is 28.6 Å². The molecule has 0 amide bonds. The smallest absolute Gasteiger partial charge is 0.306 e. The predicted molar refractivity (Wildman–Crippen MR) is 252 cm³/mol. The minimum Gasteiger partial charge on any atom is -0.462 e. The zero-order chi connectivity index (χ0) is 43.0. The van der Waals surface area contributed by atoms with Gasteiger partial charge in [-0.2, -0.15) is 0 Å². The van der Waals surface area contributed by atoms with Crippen molar-refractivity contribution in [3.05, 3.63) is 0 Å². The summed E-state index contributed by atoms with van der Waals surface area (Å²) in [5.74, 6) is -0.851. The van der Waals surface area contributed by atoms with Crippen LogP contribution in [0.15, 0.2) is 0 Å². The highest BCUT2D eigenvalue weighted by Gasteiger charge is 2.19. The van der Waals surface area contributed by atoms with E-state index in [0.29, 0.717) is 19.3 Å². The maximum atomic E-state index is 12.8. The molecule has 0 aromatic carbocycles. The van der Waals surface area contributed by atoms with Gasteiger partial charge in [-0.15, -0.1) is 0 Å². The van der Waals surface area contributed by atoms with E-state index in [0.717, 1.165) is 57.8 Å². The highest BCUT2D eigenvalue weighted by atomic mass is 16.6. The molecule has 0 aromatic heterocycles. The zero-order valence-corrected chi connectivity index (χ0v) is 40.1. The quantitative estimate of drug-likeness (QED) is 0.0345. The van der Waals surface area contributed by atoms with E-state index in [-0.39, 0.29) is 31.1 Å². The average Bonchev–Trinajstić information content (AvgIpc) is 3.23. The van der Waals surface area contributed by atoms with Crippen molar-refractivity contribution in [3.63, 3.8) is 0 Å². The number of carbonyl (C=O) groups is 3. The van der Waals surface area contributed by atoms with E-state index in [4.69, 9.17) is 14.2 Å². The van der Waals surface area contributed by atoms with Gasteiger partial charge in [0, 0.05) is 19.3 Å². The van der Waals surface area contributed by atoms with Crippen molar-refractivity contribution in [2.75, 3.05) is 13.2 Å². The molecule has 0 aliphatic carbocycles. The van der Waals surface area contributed by atoms with E-state index in [2.05, 4.69) is 20.8 Å². The van der Waals surface area contributed by atoms with Gasteiger partial charge in [-0.1, -0.05) is 265 Å². The minimum absolute atomic E-state index is 0.0625. The summed E-state index contributed by atoms with van der Waals surface area (Å²) in [6.07, 6.45) is 52.6. The van der Waals surface area contributed by atoms with Crippen molar-refractivity contribution in [3.8, 4) is 0 Å². The maximum absolute atomic E-state index is 12.8. The molecule has 0 bridgehead atoms. The Labute approximate surface area is 368 Å². The van der Waals surface area contributed by atoms with Crippen LogP contribution in [0.3, 0.4) is 0 Å². The van der Waals surface area contributed by atoms with Gasteiger partial charge in [-0.25, -0.2) is 0 Å². The van der Waals surface area contributed by atoms with E-state index in [1.165, 1.54) is 205 Å². The van der Waals surface area contributed by atoms with Gasteiger partial charge in [0.15, 0.2) is 6.10 Å². The maximum Gasteiger partial charge on any atom is 0.306 e. The molecule has 0 rings (SSSR count). The van der Waals surface area contributed by atoms with Crippen LogP contribution in [0.25, 0.3) is 0 Å². The largest absolute Gasteiger partial charge is 0.462 e. The standard InChI is InChI=1S/C53H102O6/c1-4-7-10-13-16-18-20-22-24-26-28-29-31-33-35-37-40-43-46-52(55)58-49-50(48-57-51(54)45-42-39-15-12-9-6-3)59-53(56)47-44-41-38-36-34-32-30-27-25-23-21-19-17-14-11-8-5-2/h50H,4-49H2,1-3H3. The minimum atomic E-state index is -0.758. The average molecular weight is 835 g/mol. The van der Waals surface area contributed by atoms with E-state index in [1.54, 1.807) is 0 Å². The second-order valence-electron chi connectivity index (χ2n) is 18.2. The van der Waals surface area contributed by atoms with Crippen molar-refractivity contribution in [1.82, 2.24) is 0 Å². The number of hydrogen-bond acceptors (Lipinski definition) is 6. The molecule has 350 valence electrons. The van der Waals surface area contributed by atoms with Gasteiger partial charge in [0.2, 0.25) is 0 Å². The van der Waals surface area contributed by atoms with Crippen molar-refractivity contribution >= 4 is 17.9 Å². The van der Waals surface area contributed by atoms with Gasteiger partial charge < -0.3 is 14.2 Å². The summed E-state index contributed by atoms with van der Waals surface area (Å²) in [6, 6.07) is 0. The topological polar surface area (TPSA) is 78.9 Å². The third-order valence-electron chi connectivity index (χ3n) is 12.1. The van der Waals surface area contributed by atoms with Crippen molar-refractivity contribution in [1.29, 1.82) is 0 Å². The van der Waals surface area contributed by atoms with Crippen LogP contribution in [0.2, 0.25) is 0 Å². The lowest BCUT2D eigenvalue weighted by Gasteiger charge is -2.18. The third kappa shape index (κ3) is 47.3. The summed E-state index contributed by atoms with van der Waals surface area (Å²) in [6.45, 7) is 6.63. The van der Waals surface area contributed by atoms with E-state index in [9.17, 15) is 14.4 Å². The molecule has 0 saturated carbocycles. The Morgan fingerprint density at radius 3 is 0.678 bits per heavy atom. The molecule has 0 spiro atoms. The first-order valence-corrected chi connectivity index (χ1v) is 26.5. The molecule has 1 atom stereocenters. The molecule has 0 aliphatic heterocycles. The molecular weight excluding hydrogens is 733 g/mol. The molecule has 0 heterocycles. The summed E-state index contributed by atoms with van der Waals surface area (Å²) < 4.78 is 16.7. The molecule has 0 fully saturated rings. The molecule has 0 aliphatic rings. The molecule has 0 aromatic rings. The Morgan fingerprint density at radius 1 is 0.271 bits per heavy atom. The second kappa shape index (κ2) is 49.1. The van der Waals surface area contributed by atoms with Crippen LogP contribution >= 0.6 is 0 Å². The number of carbonyl (C=O) groups excluding carboxylic acids is 3. The molecule has 6 heteroatoms. The number of hydrogen-bond donors (Lipinski definition) is 0. The van der Waals surface area contributed by atoms with E-state index in [1.807, 2.05) is 0 Å². The van der Waals surface area contributed by atoms with Crippen LogP contribution in [0.5, 0.6) is 0 Å². The Morgan fingerprint density at radius 2 is 0.458 bits per heavy atom. The first kappa shape index (κ1) is 57.4. The van der Waals surface area contributed by atoms with Gasteiger partial charge >= 0.3 is 17.9 Å². The fraction of sp³-hybridized carbons (Fsp3) is 0.943. The first-order chi connectivity index (χ1) is 29.0. The summed E-state index contributed by atoms with van der Waals surface area (Å²) >= 11 is 0. The monoisotopic (exact) mass is 835 g/mol. The fourth-order valence-electron chi connectivity index (χ4n) is 8.09. The normalized spacial score (nSPS) is 11.8. The fourth-order valence-corrected chi connectivity index (χ4v) is 8.09. The van der Waals surface area contributed by atoms with Gasteiger partial charge in [0.1, 0.15) is 13.2 Å². The van der Waals surface area contributed by atoms with Gasteiger partial charge in [0.05, 0.1) is 0 Å². The van der Waals surface area contributed by atoms with Crippen molar-refractivity contribution in [2.45, 2.75) is 309 Å². The number of unbranched alkanes of at least 4 members (excludes halogenated alkanes) is 38. The van der Waals surface area contributed by atoms with Gasteiger partial charge in [-0.3, -0.25) is 14.4 Å². The highest BCUT2D eigenvalue weighted by molar-refractivity contribution is 5.71. The lowest BCUT2D eigenvalue weighted by Crippen LogP contribution is -2.30. The second-order valence-corrected chi connectivity index (χ2v) is 18.2. The Kier molecular flexibility index (Phi) is 47.7. The van der Waals surface area contributed by atoms with Crippen LogP contribution in [0.4, 0.5) is 0 Å². The van der Waals surface area contributed by atoms with E-state index < -0.39 is 6.10 Å².